The van der Waals surface area contributed by atoms with Crippen LogP contribution in [-0.4, -0.2) is 24.2 Å². The lowest BCUT2D eigenvalue weighted by atomic mass is 9.96. The fourth-order valence-corrected chi connectivity index (χ4v) is 2.43. The van der Waals surface area contributed by atoms with Gasteiger partial charge in [-0.1, -0.05) is 31.4 Å². The van der Waals surface area contributed by atoms with Crippen molar-refractivity contribution in [1.29, 1.82) is 5.41 Å². The third-order valence-electron chi connectivity index (χ3n) is 3.51. The lowest BCUT2D eigenvalue weighted by Crippen LogP contribution is -2.38. The van der Waals surface area contributed by atoms with Crippen LogP contribution >= 0.6 is 0 Å². The fraction of sp³-hybridized carbons (Fsp3) is 0.400. The van der Waals surface area contributed by atoms with E-state index >= 15 is 0 Å². The van der Waals surface area contributed by atoms with Gasteiger partial charge in [-0.05, 0) is 30.5 Å². The van der Waals surface area contributed by atoms with Crippen molar-refractivity contribution in [2.75, 3.05) is 5.32 Å². The van der Waals surface area contributed by atoms with Crippen LogP contribution in [0.5, 0.6) is 0 Å². The quantitative estimate of drug-likeness (QED) is 0.332. The molecule has 2 rings (SSSR count). The molecule has 2 amide bonds. The first-order valence-electron chi connectivity index (χ1n) is 7.44. The number of anilines is 1. The van der Waals surface area contributed by atoms with Crippen LogP contribution in [-0.2, 0) is 0 Å². The third kappa shape index (κ3) is 5.43. The molecule has 0 unspecified atom stereocenters. The van der Waals surface area contributed by atoms with E-state index in [1.165, 1.54) is 19.3 Å². The predicted octanol–water partition coefficient (Wildman–Crippen LogP) is 1.96. The highest BCUT2D eigenvalue weighted by Crippen LogP contribution is 2.17. The van der Waals surface area contributed by atoms with Gasteiger partial charge >= 0.3 is 6.03 Å². The van der Waals surface area contributed by atoms with Gasteiger partial charge in [-0.15, -0.1) is 0 Å². The Morgan fingerprint density at radius 2 is 1.91 bits per heavy atom. The molecule has 0 bridgehead atoms. The number of carbonyl (C=O) groups is 1. The van der Waals surface area contributed by atoms with E-state index in [9.17, 15) is 4.79 Å². The summed E-state index contributed by atoms with van der Waals surface area (Å²) in [5, 5.41) is 16.6. The number of hydrogen-bond donors (Lipinski definition) is 5. The first kappa shape index (κ1) is 15.8. The number of amides is 2. The molecule has 1 aromatic rings. The molecule has 0 heterocycles. The Morgan fingerprint density at radius 3 is 2.55 bits per heavy atom. The van der Waals surface area contributed by atoms with Gasteiger partial charge < -0.3 is 16.4 Å². The van der Waals surface area contributed by atoms with Crippen molar-refractivity contribution in [3.8, 4) is 0 Å². The summed E-state index contributed by atoms with van der Waals surface area (Å²) in [6.07, 6.45) is 7.31. The van der Waals surface area contributed by atoms with Crippen molar-refractivity contribution in [3.05, 3.63) is 29.8 Å². The van der Waals surface area contributed by atoms with Crippen molar-refractivity contribution in [2.45, 2.75) is 38.1 Å². The standard InChI is InChI=1S/C15H22N6O/c16-14(17)21-18-10-11-6-8-13(9-7-11)20-15(22)19-12-4-2-1-3-5-12/h6-10,12H,1-5H2,(H4,16,17,21)(H2,19,20,22)/b18-10+. The number of benzene rings is 1. The zero-order valence-corrected chi connectivity index (χ0v) is 12.4. The van der Waals surface area contributed by atoms with E-state index in [0.29, 0.717) is 0 Å². The molecule has 7 heteroatoms. The second-order valence-electron chi connectivity index (χ2n) is 5.34. The third-order valence-corrected chi connectivity index (χ3v) is 3.51. The van der Waals surface area contributed by atoms with Gasteiger partial charge in [0.15, 0.2) is 0 Å². The molecule has 1 aliphatic rings. The minimum absolute atomic E-state index is 0.161. The first-order chi connectivity index (χ1) is 10.6. The number of nitrogens with zero attached hydrogens (tertiary/aromatic N) is 1. The van der Waals surface area contributed by atoms with Gasteiger partial charge in [-0.3, -0.25) is 5.41 Å². The fourth-order valence-electron chi connectivity index (χ4n) is 2.43. The number of rotatable bonds is 4. The monoisotopic (exact) mass is 302 g/mol. The number of nitrogens with two attached hydrogens (primary N) is 1. The molecule has 1 aromatic carbocycles. The van der Waals surface area contributed by atoms with E-state index in [1.54, 1.807) is 18.3 Å². The highest BCUT2D eigenvalue weighted by molar-refractivity contribution is 5.90. The summed E-state index contributed by atoms with van der Waals surface area (Å²) in [5.41, 5.74) is 9.02. The lowest BCUT2D eigenvalue weighted by molar-refractivity contribution is 0.244. The maximum absolute atomic E-state index is 11.9. The zero-order chi connectivity index (χ0) is 15.8. The topological polar surface area (TPSA) is 115 Å². The van der Waals surface area contributed by atoms with Crippen LogP contribution in [0.25, 0.3) is 0 Å². The largest absolute Gasteiger partial charge is 0.369 e. The summed E-state index contributed by atoms with van der Waals surface area (Å²) in [7, 11) is 0. The Labute approximate surface area is 129 Å². The summed E-state index contributed by atoms with van der Waals surface area (Å²) < 4.78 is 0. The average molecular weight is 302 g/mol. The molecule has 0 spiro atoms. The van der Waals surface area contributed by atoms with E-state index < -0.39 is 0 Å². The molecule has 1 aliphatic carbocycles. The number of carbonyl (C=O) groups excluding carboxylic acids is 1. The van der Waals surface area contributed by atoms with Gasteiger partial charge in [0.25, 0.3) is 0 Å². The van der Waals surface area contributed by atoms with Crippen LogP contribution in [0.1, 0.15) is 37.7 Å². The number of hydrazone groups is 1. The molecule has 0 aromatic heterocycles. The van der Waals surface area contributed by atoms with Gasteiger partial charge in [0.05, 0.1) is 6.21 Å². The maximum Gasteiger partial charge on any atom is 0.319 e. The second-order valence-corrected chi connectivity index (χ2v) is 5.34. The summed E-state index contributed by atoms with van der Waals surface area (Å²) in [5.74, 6) is -0.214. The van der Waals surface area contributed by atoms with Gasteiger partial charge in [-0.25, -0.2) is 10.2 Å². The van der Waals surface area contributed by atoms with Crippen molar-refractivity contribution in [1.82, 2.24) is 10.7 Å². The highest BCUT2D eigenvalue weighted by atomic mass is 16.2. The van der Waals surface area contributed by atoms with Gasteiger partial charge in [0, 0.05) is 11.7 Å². The molecular formula is C15H22N6O. The minimum Gasteiger partial charge on any atom is -0.369 e. The molecule has 0 aliphatic heterocycles. The maximum atomic E-state index is 11.9. The van der Waals surface area contributed by atoms with Crippen molar-refractivity contribution < 1.29 is 4.79 Å². The normalized spacial score (nSPS) is 15.5. The molecule has 118 valence electrons. The van der Waals surface area contributed by atoms with Crippen molar-refractivity contribution in [3.63, 3.8) is 0 Å². The molecule has 7 nitrogen and oxygen atoms in total. The number of hydrogen-bond acceptors (Lipinski definition) is 3. The van der Waals surface area contributed by atoms with E-state index in [4.69, 9.17) is 11.1 Å². The summed E-state index contributed by atoms with van der Waals surface area (Å²) in [4.78, 5) is 11.9. The SMILES string of the molecule is N=C(N)N/N=C/c1ccc(NC(=O)NC2CCCCC2)cc1. The Morgan fingerprint density at radius 1 is 1.23 bits per heavy atom. The van der Waals surface area contributed by atoms with E-state index in [0.717, 1.165) is 24.1 Å². The average Bonchev–Trinajstić information content (AvgIpc) is 2.49. The van der Waals surface area contributed by atoms with E-state index in [1.807, 2.05) is 12.1 Å². The first-order valence-corrected chi connectivity index (χ1v) is 7.44. The summed E-state index contributed by atoms with van der Waals surface area (Å²) in [6, 6.07) is 7.37. The van der Waals surface area contributed by atoms with E-state index in [-0.39, 0.29) is 18.0 Å². The number of guanidine groups is 1. The van der Waals surface area contributed by atoms with Crippen LogP contribution < -0.4 is 21.8 Å². The van der Waals surface area contributed by atoms with E-state index in [2.05, 4.69) is 21.2 Å². The van der Waals surface area contributed by atoms with Gasteiger partial charge in [0.2, 0.25) is 5.96 Å². The number of urea groups is 1. The molecule has 1 fully saturated rings. The van der Waals surface area contributed by atoms with Crippen LogP contribution in [0.2, 0.25) is 0 Å². The van der Waals surface area contributed by atoms with Crippen LogP contribution in [0.4, 0.5) is 10.5 Å². The van der Waals surface area contributed by atoms with Crippen LogP contribution in [0.3, 0.4) is 0 Å². The summed E-state index contributed by atoms with van der Waals surface area (Å²) in [6.45, 7) is 0. The molecule has 6 N–H and O–H groups in total. The zero-order valence-electron chi connectivity index (χ0n) is 12.4. The lowest BCUT2D eigenvalue weighted by Gasteiger charge is -2.22. The molecule has 0 atom stereocenters. The van der Waals surface area contributed by atoms with Crippen molar-refractivity contribution in [2.24, 2.45) is 10.8 Å². The molecule has 0 radical (unpaired) electrons. The van der Waals surface area contributed by atoms with Gasteiger partial charge in [0.1, 0.15) is 0 Å². The molecule has 1 saturated carbocycles. The Hall–Kier alpha value is -2.57. The highest BCUT2D eigenvalue weighted by Gasteiger charge is 2.15. The minimum atomic E-state index is -0.214. The van der Waals surface area contributed by atoms with Crippen molar-refractivity contribution >= 4 is 23.9 Å². The number of nitrogens with one attached hydrogen (secondary N) is 4. The Kier molecular flexibility index (Phi) is 5.76. The molecule has 0 saturated heterocycles. The summed E-state index contributed by atoms with van der Waals surface area (Å²) >= 11 is 0. The molecular weight excluding hydrogens is 280 g/mol. The smallest absolute Gasteiger partial charge is 0.319 e. The Balaban J connectivity index is 1.81. The molecule has 22 heavy (non-hydrogen) atoms. The Bertz CT molecular complexity index is 533. The van der Waals surface area contributed by atoms with Gasteiger partial charge in [-0.2, -0.15) is 5.10 Å². The second kappa shape index (κ2) is 8.02. The predicted molar refractivity (Wildman–Crippen MR) is 88.1 cm³/mol. The van der Waals surface area contributed by atoms with Crippen LogP contribution in [0.15, 0.2) is 29.4 Å². The van der Waals surface area contributed by atoms with Crippen LogP contribution in [0, 0.1) is 5.41 Å².